The summed E-state index contributed by atoms with van der Waals surface area (Å²) < 4.78 is 2.39. The Morgan fingerprint density at radius 3 is 1.45 bits per heavy atom. The molecule has 0 spiro atoms. The van der Waals surface area contributed by atoms with Crippen LogP contribution in [0.3, 0.4) is 0 Å². The van der Waals surface area contributed by atoms with Crippen LogP contribution in [0.15, 0.2) is 84.9 Å². The van der Waals surface area contributed by atoms with Crippen LogP contribution in [0.4, 0.5) is 5.69 Å². The minimum Gasteiger partial charge on any atom is -0.308 e. The second-order valence-corrected chi connectivity index (χ2v) is 7.77. The molecule has 0 N–H and O–H groups in total. The predicted molar refractivity (Wildman–Crippen MR) is 122 cm³/mol. The Balaban J connectivity index is 1.84. The Hall–Kier alpha value is -4.09. The Kier molecular flexibility index (Phi) is 2.59. The molecule has 0 fully saturated rings. The summed E-state index contributed by atoms with van der Waals surface area (Å²) >= 11 is 0. The molecule has 7 aromatic rings. The van der Waals surface area contributed by atoms with Crippen molar-refractivity contribution in [2.24, 2.45) is 0 Å². The van der Waals surface area contributed by atoms with Crippen LogP contribution >= 0.6 is 0 Å². The zero-order valence-electron chi connectivity index (χ0n) is 15.5. The van der Waals surface area contributed by atoms with E-state index < -0.39 is 0 Å². The van der Waals surface area contributed by atoms with Crippen LogP contribution in [0.1, 0.15) is 0 Å². The van der Waals surface area contributed by atoms with Crippen molar-refractivity contribution < 1.29 is 0 Å². The van der Waals surface area contributed by atoms with Gasteiger partial charge in [0.1, 0.15) is 0 Å². The number of hydrogen-bond donors (Lipinski definition) is 0. The zero-order chi connectivity index (χ0) is 19.1. The van der Waals surface area contributed by atoms with Crippen molar-refractivity contribution in [1.82, 2.24) is 4.40 Å². The van der Waals surface area contributed by atoms with Gasteiger partial charge in [0.15, 0.2) is 5.69 Å². The molecule has 0 bridgehead atoms. The van der Waals surface area contributed by atoms with Crippen LogP contribution in [-0.2, 0) is 0 Å². The number of aromatic nitrogens is 1. The number of rotatable bonds is 0. The monoisotopic (exact) mass is 366 g/mol. The van der Waals surface area contributed by atoms with Gasteiger partial charge in [-0.2, -0.15) is 0 Å². The number of nitrogens with zero attached hydrogens (tertiary/aromatic N) is 2. The molecule has 0 radical (unpaired) electrons. The molecule has 0 amide bonds. The van der Waals surface area contributed by atoms with Crippen molar-refractivity contribution in [1.29, 1.82) is 0 Å². The van der Waals surface area contributed by atoms with E-state index in [-0.39, 0.29) is 0 Å². The summed E-state index contributed by atoms with van der Waals surface area (Å²) in [6.45, 7) is 7.63. The van der Waals surface area contributed by atoms with Crippen LogP contribution in [0.5, 0.6) is 0 Å². The summed E-state index contributed by atoms with van der Waals surface area (Å²) in [4.78, 5) is 3.78. The summed E-state index contributed by atoms with van der Waals surface area (Å²) in [6, 6.07) is 30.2. The van der Waals surface area contributed by atoms with E-state index in [2.05, 4.69) is 82.0 Å². The molecule has 7 rings (SSSR count). The van der Waals surface area contributed by atoms with E-state index in [9.17, 15) is 0 Å². The Bertz CT molecular complexity index is 1690. The second kappa shape index (κ2) is 5.04. The van der Waals surface area contributed by atoms with Crippen LogP contribution in [0, 0.1) is 6.57 Å². The van der Waals surface area contributed by atoms with E-state index in [1.807, 2.05) is 12.1 Å². The number of benzene rings is 5. The molecular formula is C27H14N2. The van der Waals surface area contributed by atoms with Gasteiger partial charge in [-0.25, -0.2) is 4.85 Å². The minimum absolute atomic E-state index is 0.695. The van der Waals surface area contributed by atoms with Crippen LogP contribution in [0.25, 0.3) is 64.5 Å². The van der Waals surface area contributed by atoms with Gasteiger partial charge in [-0.3, -0.25) is 0 Å². The average Bonchev–Trinajstić information content (AvgIpc) is 3.26. The second-order valence-electron chi connectivity index (χ2n) is 7.77. The molecule has 2 aromatic heterocycles. The maximum Gasteiger partial charge on any atom is 0.188 e. The molecule has 0 atom stereocenters. The summed E-state index contributed by atoms with van der Waals surface area (Å²) in [5, 5.41) is 9.68. The van der Waals surface area contributed by atoms with Crippen molar-refractivity contribution in [2.75, 3.05) is 0 Å². The molecule has 2 nitrogen and oxygen atoms in total. The van der Waals surface area contributed by atoms with Gasteiger partial charge in [-0.15, -0.1) is 0 Å². The third-order valence-electron chi connectivity index (χ3n) is 6.24. The maximum absolute atomic E-state index is 7.63. The lowest BCUT2D eigenvalue weighted by Crippen LogP contribution is -1.82. The topological polar surface area (TPSA) is 8.77 Å². The highest BCUT2D eigenvalue weighted by Gasteiger charge is 2.19. The van der Waals surface area contributed by atoms with Gasteiger partial charge >= 0.3 is 0 Å². The Morgan fingerprint density at radius 2 is 1.00 bits per heavy atom. The zero-order valence-corrected chi connectivity index (χ0v) is 15.5. The highest BCUT2D eigenvalue weighted by atomic mass is 14.9. The Morgan fingerprint density at radius 1 is 0.552 bits per heavy atom. The molecule has 0 unspecified atom stereocenters. The maximum atomic E-state index is 7.63. The molecule has 0 saturated carbocycles. The van der Waals surface area contributed by atoms with Crippen molar-refractivity contribution in [3.63, 3.8) is 0 Å². The molecule has 132 valence electrons. The van der Waals surface area contributed by atoms with Crippen molar-refractivity contribution in [3.8, 4) is 0 Å². The van der Waals surface area contributed by atoms with Crippen LogP contribution in [0.2, 0.25) is 0 Å². The van der Waals surface area contributed by atoms with E-state index in [4.69, 9.17) is 6.57 Å². The first-order valence-electron chi connectivity index (χ1n) is 9.74. The lowest BCUT2D eigenvalue weighted by Gasteiger charge is -2.03. The third-order valence-corrected chi connectivity index (χ3v) is 6.24. The molecular weight excluding hydrogens is 352 g/mol. The first-order valence-corrected chi connectivity index (χ1v) is 9.74. The molecule has 2 heteroatoms. The van der Waals surface area contributed by atoms with E-state index >= 15 is 0 Å². The summed E-state index contributed by atoms with van der Waals surface area (Å²) in [7, 11) is 0. The average molecular weight is 366 g/mol. The largest absolute Gasteiger partial charge is 0.308 e. The lowest BCUT2D eigenvalue weighted by molar-refractivity contribution is 1.38. The van der Waals surface area contributed by atoms with E-state index in [1.165, 1.54) is 48.9 Å². The van der Waals surface area contributed by atoms with E-state index in [0.717, 1.165) is 10.8 Å². The van der Waals surface area contributed by atoms with Gasteiger partial charge in [0.05, 0.1) is 23.1 Å². The van der Waals surface area contributed by atoms with Crippen LogP contribution in [-0.4, -0.2) is 4.40 Å². The molecule has 0 aliphatic carbocycles. The van der Waals surface area contributed by atoms with Crippen molar-refractivity contribution >= 4 is 65.3 Å². The summed E-state index contributed by atoms with van der Waals surface area (Å²) in [6.07, 6.45) is 0. The van der Waals surface area contributed by atoms with Gasteiger partial charge in [-0.1, -0.05) is 48.5 Å². The smallest absolute Gasteiger partial charge is 0.188 e. The highest BCUT2D eigenvalue weighted by Crippen LogP contribution is 2.43. The summed E-state index contributed by atoms with van der Waals surface area (Å²) in [5.74, 6) is 0. The molecule has 29 heavy (non-hydrogen) atoms. The SMILES string of the molecule is [C-]#[N+]c1cc2c3cc4ccccc4cc3n3c4cc5ccccc5cc4c(c1)c23. The molecule has 0 saturated heterocycles. The van der Waals surface area contributed by atoms with Gasteiger partial charge in [0.2, 0.25) is 0 Å². The normalized spacial score (nSPS) is 12.1. The molecule has 0 aliphatic heterocycles. The highest BCUT2D eigenvalue weighted by molar-refractivity contribution is 6.26. The standard InChI is InChI=1S/C27H14N2/c1-28-20-14-23-21-10-16-6-2-4-8-18(16)12-25(21)29-26-13-19-9-5-3-7-17(19)11-22(26)24(15-20)27(23)29/h2-15H. The molecule has 0 aliphatic rings. The fourth-order valence-corrected chi connectivity index (χ4v) is 4.96. The first-order chi connectivity index (χ1) is 14.3. The minimum atomic E-state index is 0.695. The third kappa shape index (κ3) is 1.80. The van der Waals surface area contributed by atoms with Crippen molar-refractivity contribution in [2.45, 2.75) is 0 Å². The fourth-order valence-electron chi connectivity index (χ4n) is 4.96. The molecule has 2 heterocycles. The van der Waals surface area contributed by atoms with Crippen molar-refractivity contribution in [3.05, 3.63) is 96.3 Å². The predicted octanol–water partition coefficient (Wildman–Crippen LogP) is 7.69. The van der Waals surface area contributed by atoms with E-state index in [1.54, 1.807) is 0 Å². The quantitative estimate of drug-likeness (QED) is 0.243. The number of fused-ring (bicyclic) bond motifs is 8. The Labute approximate surface area is 166 Å². The fraction of sp³-hybridized carbons (Fsp3) is 0. The van der Waals surface area contributed by atoms with Gasteiger partial charge in [0, 0.05) is 10.8 Å². The number of hydrogen-bond acceptors (Lipinski definition) is 0. The lowest BCUT2D eigenvalue weighted by atomic mass is 10.0. The van der Waals surface area contributed by atoms with Gasteiger partial charge in [0.25, 0.3) is 0 Å². The summed E-state index contributed by atoms with van der Waals surface area (Å²) in [5.41, 5.74) is 4.32. The van der Waals surface area contributed by atoms with E-state index in [0.29, 0.717) is 5.69 Å². The first kappa shape index (κ1) is 14.9. The van der Waals surface area contributed by atoms with Gasteiger partial charge < -0.3 is 4.40 Å². The van der Waals surface area contributed by atoms with Gasteiger partial charge in [-0.05, 0) is 68.7 Å². The molecule has 5 aromatic carbocycles. The van der Waals surface area contributed by atoms with Crippen LogP contribution < -0.4 is 0 Å².